The van der Waals surface area contributed by atoms with Crippen molar-refractivity contribution in [3.8, 4) is 0 Å². The second-order valence-electron chi connectivity index (χ2n) is 8.03. The molecule has 0 aromatic rings. The van der Waals surface area contributed by atoms with Crippen LogP contribution >= 0.6 is 0 Å². The predicted molar refractivity (Wildman–Crippen MR) is 90.2 cm³/mol. The average Bonchev–Trinajstić information content (AvgIpc) is 3.18. The van der Waals surface area contributed by atoms with Gasteiger partial charge >= 0.3 is 6.18 Å². The summed E-state index contributed by atoms with van der Waals surface area (Å²) in [5.41, 5.74) is 0. The highest BCUT2D eigenvalue weighted by atomic mass is 19.4. The number of nitrogens with one attached hydrogen (secondary N) is 1. The average molecular weight is 361 g/mol. The van der Waals surface area contributed by atoms with Crippen LogP contribution in [0.25, 0.3) is 0 Å². The minimum atomic E-state index is -4.11. The van der Waals surface area contributed by atoms with Crippen molar-refractivity contribution < 1.29 is 18.0 Å². The van der Waals surface area contributed by atoms with Gasteiger partial charge in [0.15, 0.2) is 0 Å². The lowest BCUT2D eigenvalue weighted by Crippen LogP contribution is -2.49. The first kappa shape index (κ1) is 19.0. The van der Waals surface area contributed by atoms with E-state index in [0.29, 0.717) is 25.4 Å². The number of halogens is 3. The van der Waals surface area contributed by atoms with Crippen molar-refractivity contribution >= 4 is 5.91 Å². The van der Waals surface area contributed by atoms with E-state index in [9.17, 15) is 18.0 Å². The molecule has 7 heteroatoms. The molecule has 2 aliphatic heterocycles. The van der Waals surface area contributed by atoms with Crippen LogP contribution in [-0.2, 0) is 4.79 Å². The summed E-state index contributed by atoms with van der Waals surface area (Å²) in [7, 11) is 0. The van der Waals surface area contributed by atoms with Gasteiger partial charge in [0.2, 0.25) is 5.91 Å². The number of hydrogen-bond donors (Lipinski definition) is 1. The largest absolute Gasteiger partial charge is 0.401 e. The van der Waals surface area contributed by atoms with Crippen molar-refractivity contribution in [2.75, 3.05) is 32.7 Å². The molecular weight excluding hydrogens is 331 g/mol. The number of hydrogen-bond acceptors (Lipinski definition) is 3. The second kappa shape index (κ2) is 8.25. The van der Waals surface area contributed by atoms with Crippen LogP contribution < -0.4 is 5.32 Å². The van der Waals surface area contributed by atoms with Crippen molar-refractivity contribution in [2.24, 2.45) is 5.92 Å². The molecule has 2 saturated heterocycles. The molecule has 3 aliphatic rings. The van der Waals surface area contributed by atoms with Gasteiger partial charge in [-0.3, -0.25) is 14.6 Å². The summed E-state index contributed by atoms with van der Waals surface area (Å²) in [6.45, 7) is 2.00. The molecular formula is C18H30F3N3O. The second-order valence-corrected chi connectivity index (χ2v) is 8.03. The topological polar surface area (TPSA) is 35.6 Å². The van der Waals surface area contributed by atoms with Crippen molar-refractivity contribution in [3.63, 3.8) is 0 Å². The highest BCUT2D eigenvalue weighted by Crippen LogP contribution is 2.28. The van der Waals surface area contributed by atoms with Crippen LogP contribution in [0.4, 0.5) is 13.2 Å². The molecule has 0 aromatic heterocycles. The normalized spacial score (nSPS) is 27.9. The first-order valence-electron chi connectivity index (χ1n) is 9.71. The Bertz CT molecular complexity index is 443. The summed E-state index contributed by atoms with van der Waals surface area (Å²) in [6, 6.07) is 0.468. The predicted octanol–water partition coefficient (Wildman–Crippen LogP) is 2.78. The third-order valence-electron chi connectivity index (χ3n) is 6.01. The van der Waals surface area contributed by atoms with Gasteiger partial charge in [-0.2, -0.15) is 13.2 Å². The highest BCUT2D eigenvalue weighted by molar-refractivity contribution is 5.76. The molecule has 1 N–H and O–H groups in total. The quantitative estimate of drug-likeness (QED) is 0.818. The molecule has 3 fully saturated rings. The monoisotopic (exact) mass is 361 g/mol. The number of likely N-dealkylation sites (tertiary alicyclic amines) is 2. The van der Waals surface area contributed by atoms with Gasteiger partial charge in [-0.05, 0) is 38.0 Å². The fraction of sp³-hybridized carbons (Fsp3) is 0.944. The van der Waals surface area contributed by atoms with Gasteiger partial charge in [-0.1, -0.05) is 12.8 Å². The number of piperidine rings is 1. The lowest BCUT2D eigenvalue weighted by atomic mass is 10.0. The Morgan fingerprint density at radius 3 is 2.32 bits per heavy atom. The molecule has 1 aliphatic carbocycles. The summed E-state index contributed by atoms with van der Waals surface area (Å²) in [5.74, 6) is 0.751. The molecule has 0 aromatic carbocycles. The molecule has 1 atom stereocenters. The summed E-state index contributed by atoms with van der Waals surface area (Å²) in [6.07, 6.45) is 4.06. The van der Waals surface area contributed by atoms with Crippen LogP contribution in [0.3, 0.4) is 0 Å². The van der Waals surface area contributed by atoms with Crippen molar-refractivity contribution in [1.82, 2.24) is 15.1 Å². The van der Waals surface area contributed by atoms with Gasteiger partial charge in [0.25, 0.3) is 0 Å². The van der Waals surface area contributed by atoms with Gasteiger partial charge in [0, 0.05) is 44.7 Å². The Balaban J connectivity index is 1.35. The molecule has 0 radical (unpaired) electrons. The molecule has 3 rings (SSSR count). The molecule has 2 heterocycles. The van der Waals surface area contributed by atoms with Crippen LogP contribution in [-0.4, -0.2) is 66.7 Å². The maximum absolute atomic E-state index is 12.5. The Labute approximate surface area is 148 Å². The first-order chi connectivity index (χ1) is 11.9. The van der Waals surface area contributed by atoms with Crippen molar-refractivity contribution in [3.05, 3.63) is 0 Å². The zero-order chi connectivity index (χ0) is 17.9. The number of carbonyl (C=O) groups is 1. The Morgan fingerprint density at radius 1 is 1.00 bits per heavy atom. The maximum Gasteiger partial charge on any atom is 0.401 e. The minimum absolute atomic E-state index is 0.183. The number of nitrogens with zero attached hydrogens (tertiary/aromatic N) is 2. The van der Waals surface area contributed by atoms with Gasteiger partial charge in [0.1, 0.15) is 0 Å². The van der Waals surface area contributed by atoms with E-state index in [1.165, 1.54) is 30.6 Å². The fourth-order valence-electron chi connectivity index (χ4n) is 4.68. The van der Waals surface area contributed by atoms with Crippen LogP contribution in [0.5, 0.6) is 0 Å². The SMILES string of the molecule is O=C(CC1CCCC1)NC1CCN([C@H]2CCN(CC(F)(F)F)C2)CC1. The zero-order valence-electron chi connectivity index (χ0n) is 14.9. The molecule has 1 amide bonds. The molecule has 1 saturated carbocycles. The van der Waals surface area contributed by atoms with E-state index in [1.54, 1.807) is 0 Å². The lowest BCUT2D eigenvalue weighted by molar-refractivity contribution is -0.143. The number of amides is 1. The van der Waals surface area contributed by atoms with E-state index in [0.717, 1.165) is 32.4 Å². The molecule has 0 spiro atoms. The molecule has 144 valence electrons. The Kier molecular flexibility index (Phi) is 6.25. The van der Waals surface area contributed by atoms with Gasteiger partial charge in [-0.15, -0.1) is 0 Å². The fourth-order valence-corrected chi connectivity index (χ4v) is 4.68. The van der Waals surface area contributed by atoms with Crippen LogP contribution in [0.1, 0.15) is 51.4 Å². The van der Waals surface area contributed by atoms with E-state index >= 15 is 0 Å². The van der Waals surface area contributed by atoms with Crippen LogP contribution in [0.15, 0.2) is 0 Å². The minimum Gasteiger partial charge on any atom is -0.353 e. The van der Waals surface area contributed by atoms with E-state index in [2.05, 4.69) is 10.2 Å². The number of alkyl halides is 3. The zero-order valence-corrected chi connectivity index (χ0v) is 14.9. The molecule has 25 heavy (non-hydrogen) atoms. The van der Waals surface area contributed by atoms with E-state index < -0.39 is 12.7 Å². The first-order valence-corrected chi connectivity index (χ1v) is 9.71. The van der Waals surface area contributed by atoms with Crippen LogP contribution in [0, 0.1) is 5.92 Å². The lowest BCUT2D eigenvalue weighted by Gasteiger charge is -2.36. The Hall–Kier alpha value is -0.820. The third-order valence-corrected chi connectivity index (χ3v) is 6.01. The molecule has 0 unspecified atom stereocenters. The number of rotatable bonds is 5. The maximum atomic E-state index is 12.5. The van der Waals surface area contributed by atoms with E-state index in [4.69, 9.17) is 0 Å². The smallest absolute Gasteiger partial charge is 0.353 e. The van der Waals surface area contributed by atoms with Gasteiger partial charge < -0.3 is 5.32 Å². The van der Waals surface area contributed by atoms with Gasteiger partial charge in [-0.25, -0.2) is 0 Å². The van der Waals surface area contributed by atoms with Gasteiger partial charge in [0.05, 0.1) is 6.54 Å². The summed E-state index contributed by atoms with van der Waals surface area (Å²) in [4.78, 5) is 16.0. The van der Waals surface area contributed by atoms with Crippen molar-refractivity contribution in [1.29, 1.82) is 0 Å². The highest BCUT2D eigenvalue weighted by Gasteiger charge is 2.36. The van der Waals surface area contributed by atoms with Crippen molar-refractivity contribution in [2.45, 2.75) is 69.6 Å². The van der Waals surface area contributed by atoms with E-state index in [-0.39, 0.29) is 18.0 Å². The molecule has 4 nitrogen and oxygen atoms in total. The summed E-state index contributed by atoms with van der Waals surface area (Å²) >= 11 is 0. The summed E-state index contributed by atoms with van der Waals surface area (Å²) in [5, 5.41) is 3.17. The molecule has 0 bridgehead atoms. The number of carbonyl (C=O) groups excluding carboxylic acids is 1. The van der Waals surface area contributed by atoms with Crippen LogP contribution in [0.2, 0.25) is 0 Å². The third kappa shape index (κ3) is 5.84. The Morgan fingerprint density at radius 2 is 1.68 bits per heavy atom. The standard InChI is InChI=1S/C18H30F3N3O/c19-18(20,21)13-23-8-7-16(12-23)24-9-5-15(6-10-24)22-17(25)11-14-3-1-2-4-14/h14-16H,1-13H2,(H,22,25)/t16-/m0/s1. The summed E-state index contributed by atoms with van der Waals surface area (Å²) < 4.78 is 37.5. The van der Waals surface area contributed by atoms with E-state index in [1.807, 2.05) is 0 Å².